The van der Waals surface area contributed by atoms with E-state index in [9.17, 15) is 39.6 Å². The molecule has 0 unspecified atom stereocenters. The van der Waals surface area contributed by atoms with Crippen LogP contribution in [0, 0.1) is 11.8 Å². The van der Waals surface area contributed by atoms with E-state index in [1.54, 1.807) is 12.1 Å². The van der Waals surface area contributed by atoms with Crippen molar-refractivity contribution in [3.63, 3.8) is 0 Å². The predicted molar refractivity (Wildman–Crippen MR) is 144 cm³/mol. The number of phenols is 1. The van der Waals surface area contributed by atoms with Crippen molar-refractivity contribution in [1.29, 1.82) is 0 Å². The number of anilines is 1. The number of aliphatic hydroxyl groups excluding tert-OH is 2. The number of hydrogen-bond acceptors (Lipinski definition) is 10. The lowest BCUT2D eigenvalue weighted by Crippen LogP contribution is -2.65. The van der Waals surface area contributed by atoms with Gasteiger partial charge >= 0.3 is 0 Å². The minimum absolute atomic E-state index is 0.0371. The van der Waals surface area contributed by atoms with E-state index in [1.165, 1.54) is 31.1 Å². The van der Waals surface area contributed by atoms with Crippen LogP contribution in [-0.4, -0.2) is 80.9 Å². The Morgan fingerprint density at radius 3 is 2.38 bits per heavy atom. The van der Waals surface area contributed by atoms with Gasteiger partial charge in [0.15, 0.2) is 17.2 Å². The lowest BCUT2D eigenvalue weighted by molar-refractivity contribution is -0.153. The highest BCUT2D eigenvalue weighted by Crippen LogP contribution is 2.52. The fraction of sp³-hybridized carbons (Fsp3) is 0.310. The second kappa shape index (κ2) is 9.61. The maximum absolute atomic E-state index is 13.9. The van der Waals surface area contributed by atoms with Crippen LogP contribution in [-0.2, 0) is 20.8 Å². The van der Waals surface area contributed by atoms with Crippen molar-refractivity contribution in [2.75, 3.05) is 26.0 Å². The van der Waals surface area contributed by atoms with Crippen molar-refractivity contribution < 1.29 is 39.6 Å². The van der Waals surface area contributed by atoms with Crippen LogP contribution in [0.2, 0.25) is 0 Å². The molecule has 1 saturated carbocycles. The van der Waals surface area contributed by atoms with Crippen molar-refractivity contribution in [3.05, 3.63) is 76.1 Å². The molecule has 0 saturated heterocycles. The fourth-order valence-corrected chi connectivity index (χ4v) is 6.34. The molecule has 0 bridgehead atoms. The fourth-order valence-electron chi connectivity index (χ4n) is 6.34. The second-order valence-corrected chi connectivity index (χ2v) is 10.6. The van der Waals surface area contributed by atoms with E-state index in [2.05, 4.69) is 5.32 Å². The number of likely N-dealkylation sites (N-methyl/N-ethyl adjacent to an activating group) is 1. The van der Waals surface area contributed by atoms with Crippen molar-refractivity contribution >= 4 is 34.7 Å². The first kappa shape index (κ1) is 27.1. The molecule has 0 heterocycles. The summed E-state index contributed by atoms with van der Waals surface area (Å²) in [6.07, 6.45) is -0.0212. The minimum Gasteiger partial charge on any atom is -0.508 e. The Morgan fingerprint density at radius 2 is 1.75 bits per heavy atom. The molecule has 7 N–H and O–H groups in total. The molecule has 1 fully saturated rings. The van der Waals surface area contributed by atoms with Crippen molar-refractivity contribution in [2.45, 2.75) is 24.5 Å². The topological polar surface area (TPSA) is 190 Å². The average Bonchev–Trinajstić information content (AvgIpc) is 2.89. The van der Waals surface area contributed by atoms with Gasteiger partial charge in [-0.3, -0.25) is 24.1 Å². The van der Waals surface area contributed by atoms with Gasteiger partial charge in [0, 0.05) is 22.7 Å². The summed E-state index contributed by atoms with van der Waals surface area (Å²) >= 11 is 0. The number of nitrogens with two attached hydrogens (primary N) is 1. The maximum Gasteiger partial charge on any atom is 0.255 e. The van der Waals surface area contributed by atoms with Crippen LogP contribution < -0.4 is 11.1 Å². The number of benzene rings is 2. The Morgan fingerprint density at radius 1 is 1.07 bits per heavy atom. The van der Waals surface area contributed by atoms with Crippen LogP contribution in [0.25, 0.3) is 5.76 Å². The van der Waals surface area contributed by atoms with E-state index < -0.39 is 58.0 Å². The molecule has 0 aromatic heterocycles. The van der Waals surface area contributed by atoms with Crippen LogP contribution in [0.4, 0.5) is 5.69 Å². The lowest BCUT2D eigenvalue weighted by Gasteiger charge is -2.50. The third kappa shape index (κ3) is 3.89. The highest BCUT2D eigenvalue weighted by atomic mass is 16.3. The summed E-state index contributed by atoms with van der Waals surface area (Å²) < 4.78 is 0. The zero-order chi connectivity index (χ0) is 29.1. The SMILES string of the molecule is CN(C)[C@H]1C(=O)C(C(N)=O)=C(O)[C@@]2(O)C(=O)C3=C(O)c4c(O)ccc(C(=O)CNc5ccccc5)c4C[C@H]3C[C@@H]12. The summed E-state index contributed by atoms with van der Waals surface area (Å²) in [4.78, 5) is 53.8. The average molecular weight is 548 g/mol. The summed E-state index contributed by atoms with van der Waals surface area (Å²) in [6.45, 7) is -0.0731. The number of ketones is 3. The number of amides is 1. The van der Waals surface area contributed by atoms with Crippen LogP contribution in [0.1, 0.15) is 27.9 Å². The largest absolute Gasteiger partial charge is 0.508 e. The number of aromatic hydroxyl groups is 1. The summed E-state index contributed by atoms with van der Waals surface area (Å²) in [6, 6.07) is 10.6. The molecule has 3 aliphatic carbocycles. The Labute approximate surface area is 229 Å². The molecule has 11 nitrogen and oxygen atoms in total. The summed E-state index contributed by atoms with van der Waals surface area (Å²) in [5, 5.41) is 47.6. The Bertz CT molecular complexity index is 1530. The second-order valence-electron chi connectivity index (χ2n) is 10.6. The number of rotatable bonds is 6. The number of primary amides is 1. The standard InChI is InChI=1S/C29H29N3O8/c1-32(2)23-17-11-13-10-16-15(19(34)12-31-14-6-4-3-5-7-14)8-9-18(33)21(16)24(35)20(13)26(37)29(17,40)27(38)22(25(23)36)28(30)39/h3-9,13,17,23,31,33,35,38,40H,10-12H2,1-2H3,(H2,30,39)/t13-,17-,23+,29-/m0/s1. The van der Waals surface area contributed by atoms with Gasteiger partial charge in [0.2, 0.25) is 5.78 Å². The lowest BCUT2D eigenvalue weighted by atomic mass is 9.57. The molecule has 0 radical (unpaired) electrons. The highest BCUT2D eigenvalue weighted by molar-refractivity contribution is 6.24. The molecule has 0 spiro atoms. The minimum atomic E-state index is -2.72. The Kier molecular flexibility index (Phi) is 6.51. The van der Waals surface area contributed by atoms with Gasteiger partial charge in [-0.25, -0.2) is 0 Å². The van der Waals surface area contributed by atoms with Gasteiger partial charge in [0.25, 0.3) is 5.91 Å². The van der Waals surface area contributed by atoms with Crippen LogP contribution in [0.5, 0.6) is 5.75 Å². The van der Waals surface area contributed by atoms with Gasteiger partial charge in [-0.15, -0.1) is 0 Å². The monoisotopic (exact) mass is 547 g/mol. The molecule has 11 heteroatoms. The molecule has 40 heavy (non-hydrogen) atoms. The van der Waals surface area contributed by atoms with Gasteiger partial charge in [-0.2, -0.15) is 0 Å². The number of Topliss-reactive ketones (excluding diaryl/α,β-unsaturated/α-hetero) is 3. The van der Waals surface area contributed by atoms with E-state index in [4.69, 9.17) is 5.73 Å². The Hall–Kier alpha value is -4.48. The molecule has 208 valence electrons. The normalized spacial score (nSPS) is 25.9. The summed E-state index contributed by atoms with van der Waals surface area (Å²) in [7, 11) is 3.06. The van der Waals surface area contributed by atoms with Gasteiger partial charge in [0.05, 0.1) is 18.2 Å². The summed E-state index contributed by atoms with van der Waals surface area (Å²) in [5.41, 5.74) is 2.64. The number of carbonyl (C=O) groups is 4. The zero-order valence-corrected chi connectivity index (χ0v) is 21.8. The number of phenolic OH excluding ortho intramolecular Hbond substituents is 1. The first-order valence-electron chi connectivity index (χ1n) is 12.7. The van der Waals surface area contributed by atoms with Gasteiger partial charge in [-0.1, -0.05) is 18.2 Å². The van der Waals surface area contributed by atoms with Crippen LogP contribution in [0.15, 0.2) is 59.4 Å². The first-order chi connectivity index (χ1) is 18.9. The number of hydrogen-bond donors (Lipinski definition) is 6. The van der Waals surface area contributed by atoms with Gasteiger partial charge in [0.1, 0.15) is 22.8 Å². The molecule has 4 atom stereocenters. The molecular formula is C29H29N3O8. The molecule has 1 amide bonds. The number of aliphatic hydroxyl groups is 3. The Balaban J connectivity index is 1.61. The van der Waals surface area contributed by atoms with E-state index >= 15 is 0 Å². The van der Waals surface area contributed by atoms with Crippen LogP contribution >= 0.6 is 0 Å². The van der Waals surface area contributed by atoms with Crippen molar-refractivity contribution in [2.24, 2.45) is 17.6 Å². The maximum atomic E-state index is 13.9. The van der Waals surface area contributed by atoms with Crippen LogP contribution in [0.3, 0.4) is 0 Å². The number of nitrogens with zero attached hydrogens (tertiary/aromatic N) is 1. The third-order valence-corrected chi connectivity index (χ3v) is 8.13. The first-order valence-corrected chi connectivity index (χ1v) is 12.7. The number of carbonyl (C=O) groups excluding carboxylic acids is 4. The summed E-state index contributed by atoms with van der Waals surface area (Å²) in [5.74, 6) is -7.67. The van der Waals surface area contributed by atoms with E-state index in [0.717, 1.165) is 5.69 Å². The quantitative estimate of drug-likeness (QED) is 0.227. The molecular weight excluding hydrogens is 518 g/mol. The van der Waals surface area contributed by atoms with E-state index in [-0.39, 0.29) is 47.6 Å². The van der Waals surface area contributed by atoms with Gasteiger partial charge in [-0.05, 0) is 62.7 Å². The number of para-hydroxylation sites is 1. The highest BCUT2D eigenvalue weighted by Gasteiger charge is 2.64. The smallest absolute Gasteiger partial charge is 0.255 e. The zero-order valence-electron chi connectivity index (χ0n) is 21.8. The van der Waals surface area contributed by atoms with E-state index in [0.29, 0.717) is 5.56 Å². The molecule has 2 aromatic carbocycles. The molecule has 3 aliphatic rings. The predicted octanol–water partition coefficient (Wildman–Crippen LogP) is 1.26. The molecule has 0 aliphatic heterocycles. The number of fused-ring (bicyclic) bond motifs is 3. The van der Waals surface area contributed by atoms with Gasteiger partial charge < -0.3 is 31.5 Å². The molecule has 2 aromatic rings. The number of nitrogens with one attached hydrogen (secondary N) is 1. The van der Waals surface area contributed by atoms with Crippen molar-refractivity contribution in [3.8, 4) is 5.75 Å². The molecule has 5 rings (SSSR count). The third-order valence-electron chi connectivity index (χ3n) is 8.13. The van der Waals surface area contributed by atoms with Crippen molar-refractivity contribution in [1.82, 2.24) is 4.90 Å². The van der Waals surface area contributed by atoms with E-state index in [1.807, 2.05) is 18.2 Å².